The molecule has 146 valence electrons. The van der Waals surface area contributed by atoms with E-state index in [2.05, 4.69) is 0 Å². The smallest absolute Gasteiger partial charge is 0.228 e. The molecule has 0 spiro atoms. The highest BCUT2D eigenvalue weighted by Crippen LogP contribution is 2.36. The van der Waals surface area contributed by atoms with Crippen LogP contribution in [-0.2, 0) is 16.1 Å². The van der Waals surface area contributed by atoms with E-state index in [1.165, 1.54) is 12.1 Å². The summed E-state index contributed by atoms with van der Waals surface area (Å²) >= 11 is 0. The number of halogens is 1. The van der Waals surface area contributed by atoms with Gasteiger partial charge in [-0.1, -0.05) is 12.1 Å². The zero-order valence-electron chi connectivity index (χ0n) is 15.6. The van der Waals surface area contributed by atoms with Gasteiger partial charge in [-0.05, 0) is 29.8 Å². The molecular formula is C21H21FN2O4. The van der Waals surface area contributed by atoms with Crippen molar-refractivity contribution in [2.24, 2.45) is 5.92 Å². The van der Waals surface area contributed by atoms with Gasteiger partial charge >= 0.3 is 0 Å². The number of benzene rings is 2. The molecule has 6 nitrogen and oxygen atoms in total. The molecule has 2 aliphatic rings. The zero-order chi connectivity index (χ0) is 19.7. The molecular weight excluding hydrogens is 363 g/mol. The lowest BCUT2D eigenvalue weighted by Gasteiger charge is -2.23. The summed E-state index contributed by atoms with van der Waals surface area (Å²) in [6, 6.07) is 11.5. The van der Waals surface area contributed by atoms with E-state index in [0.717, 1.165) is 0 Å². The van der Waals surface area contributed by atoms with Gasteiger partial charge in [-0.15, -0.1) is 0 Å². The molecule has 2 aromatic rings. The van der Waals surface area contributed by atoms with Crippen molar-refractivity contribution in [3.63, 3.8) is 0 Å². The molecule has 0 saturated carbocycles. The highest BCUT2D eigenvalue weighted by atomic mass is 19.1. The summed E-state index contributed by atoms with van der Waals surface area (Å²) in [6.07, 6.45) is 0.154. The van der Waals surface area contributed by atoms with Crippen LogP contribution in [0, 0.1) is 11.7 Å². The van der Waals surface area contributed by atoms with Gasteiger partial charge in [0.1, 0.15) is 19.0 Å². The van der Waals surface area contributed by atoms with Gasteiger partial charge in [-0.2, -0.15) is 0 Å². The molecule has 28 heavy (non-hydrogen) atoms. The number of hydrogen-bond donors (Lipinski definition) is 0. The maximum absolute atomic E-state index is 13.4. The topological polar surface area (TPSA) is 59.1 Å². The lowest BCUT2D eigenvalue weighted by Crippen LogP contribution is -2.34. The molecule has 0 radical (unpaired) electrons. The number of ether oxygens (including phenoxy) is 2. The molecule has 4 rings (SSSR count). The van der Waals surface area contributed by atoms with Crippen molar-refractivity contribution >= 4 is 17.5 Å². The number of carbonyl (C=O) groups excluding carboxylic acids is 2. The van der Waals surface area contributed by atoms with Crippen LogP contribution in [0.4, 0.5) is 10.1 Å². The highest BCUT2D eigenvalue weighted by molar-refractivity contribution is 6.00. The monoisotopic (exact) mass is 384 g/mol. The predicted octanol–water partition coefficient (Wildman–Crippen LogP) is 2.61. The highest BCUT2D eigenvalue weighted by Gasteiger charge is 2.36. The number of hydrogen-bond acceptors (Lipinski definition) is 4. The summed E-state index contributed by atoms with van der Waals surface area (Å²) in [5.41, 5.74) is 1.40. The lowest BCUT2D eigenvalue weighted by atomic mass is 10.1. The van der Waals surface area contributed by atoms with E-state index in [1.54, 1.807) is 47.2 Å². The van der Waals surface area contributed by atoms with E-state index in [1.807, 2.05) is 0 Å². The standard InChI is InChI=1S/C21H21FN2O4/c1-23(12-14-3-2-4-16(22)9-14)21(26)15-10-20(25)24(13-15)17-5-6-18-19(11-17)28-8-7-27-18/h2-6,9,11,15H,7-8,10,12-13H2,1H3/t15-/m0/s1. The van der Waals surface area contributed by atoms with Crippen molar-refractivity contribution in [3.8, 4) is 11.5 Å². The Kier molecular flexibility index (Phi) is 4.90. The molecule has 0 aromatic heterocycles. The Morgan fingerprint density at radius 3 is 2.75 bits per heavy atom. The van der Waals surface area contributed by atoms with Gasteiger partial charge < -0.3 is 19.3 Å². The average Bonchev–Trinajstić information content (AvgIpc) is 3.08. The van der Waals surface area contributed by atoms with E-state index in [4.69, 9.17) is 9.47 Å². The van der Waals surface area contributed by atoms with E-state index < -0.39 is 5.92 Å². The molecule has 1 atom stereocenters. The van der Waals surface area contributed by atoms with Crippen LogP contribution in [0.1, 0.15) is 12.0 Å². The third-order valence-corrected chi connectivity index (χ3v) is 5.00. The predicted molar refractivity (Wildman–Crippen MR) is 101 cm³/mol. The van der Waals surface area contributed by atoms with Gasteiger partial charge in [0.05, 0.1) is 5.92 Å². The van der Waals surface area contributed by atoms with Crippen LogP contribution in [-0.4, -0.2) is 43.5 Å². The first-order chi connectivity index (χ1) is 13.5. The molecule has 2 amide bonds. The number of anilines is 1. The SMILES string of the molecule is CN(Cc1cccc(F)c1)C(=O)[C@H]1CC(=O)N(c2ccc3c(c2)OCCO3)C1. The number of amides is 2. The average molecular weight is 384 g/mol. The van der Waals surface area contributed by atoms with E-state index in [0.29, 0.717) is 49.1 Å². The Hall–Kier alpha value is -3.09. The fourth-order valence-electron chi connectivity index (χ4n) is 3.62. The number of fused-ring (bicyclic) bond motifs is 1. The lowest BCUT2D eigenvalue weighted by molar-refractivity contribution is -0.135. The van der Waals surface area contributed by atoms with Gasteiger partial charge in [0.2, 0.25) is 11.8 Å². The summed E-state index contributed by atoms with van der Waals surface area (Å²) in [5.74, 6) is 0.268. The van der Waals surface area contributed by atoms with Crippen LogP contribution in [0.2, 0.25) is 0 Å². The maximum Gasteiger partial charge on any atom is 0.228 e. The molecule has 1 saturated heterocycles. The van der Waals surface area contributed by atoms with Gasteiger partial charge in [-0.3, -0.25) is 9.59 Å². The molecule has 2 heterocycles. The summed E-state index contributed by atoms with van der Waals surface area (Å²) in [7, 11) is 1.67. The quantitative estimate of drug-likeness (QED) is 0.813. The van der Waals surface area contributed by atoms with Crippen molar-refractivity contribution in [1.29, 1.82) is 0 Å². The van der Waals surface area contributed by atoms with Gasteiger partial charge in [0.15, 0.2) is 11.5 Å². The first-order valence-corrected chi connectivity index (χ1v) is 9.20. The van der Waals surface area contributed by atoms with Crippen LogP contribution >= 0.6 is 0 Å². The fraction of sp³-hybridized carbons (Fsp3) is 0.333. The Morgan fingerprint density at radius 2 is 1.96 bits per heavy atom. The minimum Gasteiger partial charge on any atom is -0.486 e. The minimum absolute atomic E-state index is 0.103. The van der Waals surface area contributed by atoms with E-state index in [9.17, 15) is 14.0 Å². The molecule has 0 unspecified atom stereocenters. The van der Waals surface area contributed by atoms with Gasteiger partial charge in [0, 0.05) is 38.3 Å². The van der Waals surface area contributed by atoms with Crippen LogP contribution in [0.5, 0.6) is 11.5 Å². The molecule has 2 aromatic carbocycles. The normalized spacial score (nSPS) is 18.3. The summed E-state index contributed by atoms with van der Waals surface area (Å²) < 4.78 is 24.4. The second-order valence-electron chi connectivity index (χ2n) is 7.06. The maximum atomic E-state index is 13.4. The third kappa shape index (κ3) is 3.65. The Bertz CT molecular complexity index is 917. The van der Waals surface area contributed by atoms with Crippen molar-refractivity contribution in [2.45, 2.75) is 13.0 Å². The molecule has 7 heteroatoms. The van der Waals surface area contributed by atoms with E-state index >= 15 is 0 Å². The van der Waals surface area contributed by atoms with E-state index in [-0.39, 0.29) is 24.1 Å². The summed E-state index contributed by atoms with van der Waals surface area (Å²) in [5, 5.41) is 0. The largest absolute Gasteiger partial charge is 0.486 e. The van der Waals surface area contributed by atoms with Gasteiger partial charge in [0.25, 0.3) is 0 Å². The van der Waals surface area contributed by atoms with Crippen LogP contribution in [0.25, 0.3) is 0 Å². The molecule has 0 aliphatic carbocycles. The Morgan fingerprint density at radius 1 is 1.18 bits per heavy atom. The van der Waals surface area contributed by atoms with Crippen LogP contribution in [0.15, 0.2) is 42.5 Å². The molecule has 1 fully saturated rings. The number of nitrogens with zero attached hydrogens (tertiary/aromatic N) is 2. The van der Waals surface area contributed by atoms with Gasteiger partial charge in [-0.25, -0.2) is 4.39 Å². The van der Waals surface area contributed by atoms with Crippen LogP contribution in [0.3, 0.4) is 0 Å². The van der Waals surface area contributed by atoms with Crippen molar-refractivity contribution in [3.05, 3.63) is 53.8 Å². The first-order valence-electron chi connectivity index (χ1n) is 9.20. The molecule has 0 N–H and O–H groups in total. The third-order valence-electron chi connectivity index (χ3n) is 5.00. The molecule has 0 bridgehead atoms. The summed E-state index contributed by atoms with van der Waals surface area (Å²) in [4.78, 5) is 28.5. The van der Waals surface area contributed by atoms with Crippen molar-refractivity contribution in [1.82, 2.24) is 4.90 Å². The zero-order valence-corrected chi connectivity index (χ0v) is 15.6. The second kappa shape index (κ2) is 7.50. The molecule has 2 aliphatic heterocycles. The first kappa shape index (κ1) is 18.3. The summed E-state index contributed by atoms with van der Waals surface area (Å²) in [6.45, 7) is 1.58. The van der Waals surface area contributed by atoms with Crippen molar-refractivity contribution in [2.75, 3.05) is 31.7 Å². The number of carbonyl (C=O) groups is 2. The van der Waals surface area contributed by atoms with Crippen LogP contribution < -0.4 is 14.4 Å². The number of rotatable bonds is 4. The second-order valence-corrected chi connectivity index (χ2v) is 7.06. The minimum atomic E-state index is -0.431. The Labute approximate surface area is 162 Å². The Balaban J connectivity index is 1.44. The van der Waals surface area contributed by atoms with Crippen molar-refractivity contribution < 1.29 is 23.5 Å². The fourth-order valence-corrected chi connectivity index (χ4v) is 3.62.